The molecule has 7 nitrogen and oxygen atoms in total. The summed E-state index contributed by atoms with van der Waals surface area (Å²) in [5, 5.41) is 7.58. The van der Waals surface area contributed by atoms with Gasteiger partial charge in [-0.15, -0.1) is 0 Å². The van der Waals surface area contributed by atoms with Gasteiger partial charge in [0.1, 0.15) is 6.04 Å². The van der Waals surface area contributed by atoms with E-state index in [4.69, 9.17) is 17.3 Å². The van der Waals surface area contributed by atoms with Gasteiger partial charge < -0.3 is 16.0 Å². The Morgan fingerprint density at radius 2 is 2.25 bits per heavy atom. The molecular formula is C16H18ClN5O2. The van der Waals surface area contributed by atoms with E-state index in [2.05, 4.69) is 10.4 Å². The van der Waals surface area contributed by atoms with E-state index in [1.165, 1.54) is 0 Å². The lowest BCUT2D eigenvalue weighted by molar-refractivity contribution is -0.120. The van der Waals surface area contributed by atoms with Gasteiger partial charge in [-0.1, -0.05) is 11.6 Å². The molecule has 2 aromatic rings. The average Bonchev–Trinajstić information content (AvgIpc) is 2.97. The van der Waals surface area contributed by atoms with E-state index in [1.807, 2.05) is 13.2 Å². The number of nitrogens with two attached hydrogens (primary N) is 1. The topological polar surface area (TPSA) is 93.2 Å². The fourth-order valence-corrected chi connectivity index (χ4v) is 3.03. The molecule has 0 unspecified atom stereocenters. The quantitative estimate of drug-likeness (QED) is 0.881. The molecule has 0 aliphatic carbocycles. The number of benzene rings is 1. The fourth-order valence-electron chi connectivity index (χ4n) is 2.82. The molecule has 1 fully saturated rings. The van der Waals surface area contributed by atoms with E-state index in [-0.39, 0.29) is 17.5 Å². The summed E-state index contributed by atoms with van der Waals surface area (Å²) in [5.74, 6) is -0.625. The summed E-state index contributed by atoms with van der Waals surface area (Å²) >= 11 is 5.96. The van der Waals surface area contributed by atoms with E-state index >= 15 is 0 Å². The van der Waals surface area contributed by atoms with Crippen LogP contribution < -0.4 is 16.0 Å². The minimum atomic E-state index is -0.601. The molecule has 1 aliphatic heterocycles. The molecule has 3 rings (SSSR count). The largest absolute Gasteiger partial charge is 0.374 e. The normalized spacial score (nSPS) is 17.8. The molecule has 1 atom stereocenters. The Morgan fingerprint density at radius 3 is 2.92 bits per heavy atom. The van der Waals surface area contributed by atoms with Crippen molar-refractivity contribution in [2.45, 2.75) is 18.9 Å². The fraction of sp³-hybridized carbons (Fsp3) is 0.312. The van der Waals surface area contributed by atoms with Gasteiger partial charge in [0.05, 0.1) is 22.5 Å². The number of hydrogen-bond donors (Lipinski definition) is 2. The molecule has 0 bridgehead atoms. The molecule has 3 N–H and O–H groups in total. The Balaban J connectivity index is 1.79. The molecule has 1 saturated heterocycles. The van der Waals surface area contributed by atoms with E-state index in [9.17, 15) is 9.59 Å². The Morgan fingerprint density at radius 1 is 1.46 bits per heavy atom. The number of anilines is 2. The molecule has 24 heavy (non-hydrogen) atoms. The number of nitrogens with one attached hydrogen (secondary N) is 1. The minimum Gasteiger partial charge on any atom is -0.374 e. The highest BCUT2D eigenvalue weighted by atomic mass is 35.5. The molecule has 1 aliphatic rings. The molecule has 0 saturated carbocycles. The van der Waals surface area contributed by atoms with Crippen LogP contribution in [0.15, 0.2) is 30.6 Å². The van der Waals surface area contributed by atoms with E-state index in [0.717, 1.165) is 12.1 Å². The van der Waals surface area contributed by atoms with Gasteiger partial charge in [-0.05, 0) is 31.0 Å². The zero-order valence-electron chi connectivity index (χ0n) is 13.2. The zero-order valence-corrected chi connectivity index (χ0v) is 14.0. The van der Waals surface area contributed by atoms with Gasteiger partial charge in [0, 0.05) is 25.5 Å². The number of carbonyl (C=O) groups is 2. The van der Waals surface area contributed by atoms with Crippen LogP contribution in [0.25, 0.3) is 0 Å². The van der Waals surface area contributed by atoms with Crippen molar-refractivity contribution in [3.8, 4) is 0 Å². The first-order chi connectivity index (χ1) is 11.5. The van der Waals surface area contributed by atoms with E-state index in [1.54, 1.807) is 34.0 Å². The SMILES string of the molecule is Cn1cc(N2CCC[C@H](Nc3ccc(Cl)c(C(N)=O)c3)C2=O)cn1. The highest BCUT2D eigenvalue weighted by molar-refractivity contribution is 6.33. The molecule has 2 heterocycles. The van der Waals surface area contributed by atoms with Gasteiger partial charge >= 0.3 is 0 Å². The third-order valence-corrected chi connectivity index (χ3v) is 4.34. The predicted molar refractivity (Wildman–Crippen MR) is 92.2 cm³/mol. The van der Waals surface area contributed by atoms with E-state index in [0.29, 0.717) is 23.7 Å². The van der Waals surface area contributed by atoms with Crippen LogP contribution in [0.4, 0.5) is 11.4 Å². The maximum Gasteiger partial charge on any atom is 0.250 e. The number of rotatable bonds is 4. The van der Waals surface area contributed by atoms with Crippen LogP contribution in [0.5, 0.6) is 0 Å². The Hall–Kier alpha value is -2.54. The van der Waals surface area contributed by atoms with Crippen molar-refractivity contribution in [1.29, 1.82) is 0 Å². The lowest BCUT2D eigenvalue weighted by Gasteiger charge is -2.32. The first-order valence-electron chi connectivity index (χ1n) is 7.61. The molecule has 2 amide bonds. The highest BCUT2D eigenvalue weighted by Crippen LogP contribution is 2.25. The smallest absolute Gasteiger partial charge is 0.250 e. The lowest BCUT2D eigenvalue weighted by atomic mass is 10.0. The second-order valence-corrected chi connectivity index (χ2v) is 6.17. The molecule has 0 spiro atoms. The van der Waals surface area contributed by atoms with Crippen molar-refractivity contribution in [1.82, 2.24) is 9.78 Å². The Kier molecular flexibility index (Phi) is 4.44. The van der Waals surface area contributed by atoms with Crippen LogP contribution >= 0.6 is 11.6 Å². The van der Waals surface area contributed by atoms with Crippen molar-refractivity contribution in [2.75, 3.05) is 16.8 Å². The number of amides is 2. The summed E-state index contributed by atoms with van der Waals surface area (Å²) in [6.07, 6.45) is 5.07. The van der Waals surface area contributed by atoms with Gasteiger partial charge in [0.25, 0.3) is 0 Å². The first-order valence-corrected chi connectivity index (χ1v) is 7.99. The zero-order chi connectivity index (χ0) is 17.3. The Labute approximate surface area is 144 Å². The molecule has 8 heteroatoms. The maximum absolute atomic E-state index is 12.7. The molecule has 1 aromatic carbocycles. The van der Waals surface area contributed by atoms with Crippen molar-refractivity contribution < 1.29 is 9.59 Å². The van der Waals surface area contributed by atoms with Crippen molar-refractivity contribution in [3.05, 3.63) is 41.2 Å². The van der Waals surface area contributed by atoms with Crippen LogP contribution in [0.1, 0.15) is 23.2 Å². The highest BCUT2D eigenvalue weighted by Gasteiger charge is 2.30. The van der Waals surface area contributed by atoms with Gasteiger partial charge in [-0.25, -0.2) is 0 Å². The van der Waals surface area contributed by atoms with Crippen molar-refractivity contribution in [2.24, 2.45) is 12.8 Å². The number of carbonyl (C=O) groups excluding carboxylic acids is 2. The van der Waals surface area contributed by atoms with Crippen molar-refractivity contribution in [3.63, 3.8) is 0 Å². The van der Waals surface area contributed by atoms with Gasteiger partial charge in [-0.2, -0.15) is 5.10 Å². The predicted octanol–water partition coefficient (Wildman–Crippen LogP) is 1.78. The van der Waals surface area contributed by atoms with Crippen LogP contribution in [0.2, 0.25) is 5.02 Å². The second-order valence-electron chi connectivity index (χ2n) is 5.76. The van der Waals surface area contributed by atoms with Crippen LogP contribution in [-0.4, -0.2) is 34.2 Å². The second kappa shape index (κ2) is 6.52. The van der Waals surface area contributed by atoms with Crippen LogP contribution in [0.3, 0.4) is 0 Å². The maximum atomic E-state index is 12.7. The number of primary amides is 1. The third kappa shape index (κ3) is 3.21. The molecular weight excluding hydrogens is 330 g/mol. The van der Waals surface area contributed by atoms with Gasteiger partial charge in [0.2, 0.25) is 11.8 Å². The standard InChI is InChI=1S/C16H18ClN5O2/c1-21-9-11(8-19-21)22-6-2-3-14(16(22)24)20-10-4-5-13(17)12(7-10)15(18)23/h4-5,7-9,14,20H,2-3,6H2,1H3,(H2,18,23)/t14-/m0/s1. The molecule has 0 radical (unpaired) electrons. The summed E-state index contributed by atoms with van der Waals surface area (Å²) in [6.45, 7) is 0.663. The summed E-state index contributed by atoms with van der Waals surface area (Å²) < 4.78 is 1.66. The summed E-state index contributed by atoms with van der Waals surface area (Å²) in [6, 6.07) is 4.52. The Bertz CT molecular complexity index is 789. The minimum absolute atomic E-state index is 0.0233. The first kappa shape index (κ1) is 16.3. The number of nitrogens with zero attached hydrogens (tertiary/aromatic N) is 3. The van der Waals surface area contributed by atoms with Crippen LogP contribution in [-0.2, 0) is 11.8 Å². The summed E-state index contributed by atoms with van der Waals surface area (Å²) in [5.41, 5.74) is 6.96. The van der Waals surface area contributed by atoms with Crippen LogP contribution in [0, 0.1) is 0 Å². The number of hydrogen-bond acceptors (Lipinski definition) is 4. The molecule has 126 valence electrons. The summed E-state index contributed by atoms with van der Waals surface area (Å²) in [4.78, 5) is 25.9. The van der Waals surface area contributed by atoms with E-state index < -0.39 is 5.91 Å². The molecule has 1 aromatic heterocycles. The van der Waals surface area contributed by atoms with Gasteiger partial charge in [0.15, 0.2) is 0 Å². The van der Waals surface area contributed by atoms with Gasteiger partial charge in [-0.3, -0.25) is 14.3 Å². The monoisotopic (exact) mass is 347 g/mol. The number of aryl methyl sites for hydroxylation is 1. The summed E-state index contributed by atoms with van der Waals surface area (Å²) in [7, 11) is 1.81. The van der Waals surface area contributed by atoms with Crippen molar-refractivity contribution >= 4 is 34.8 Å². The lowest BCUT2D eigenvalue weighted by Crippen LogP contribution is -2.47. The number of piperidine rings is 1. The average molecular weight is 348 g/mol. The third-order valence-electron chi connectivity index (χ3n) is 4.01. The number of halogens is 1. The number of aromatic nitrogens is 2.